The molecule has 36 heavy (non-hydrogen) atoms. The summed E-state index contributed by atoms with van der Waals surface area (Å²) in [5, 5.41) is 15.3. The number of anilines is 1. The molecule has 4 heterocycles. The normalized spacial score (nSPS) is 14.8. The van der Waals surface area contributed by atoms with Crippen molar-refractivity contribution in [1.82, 2.24) is 14.3 Å². The van der Waals surface area contributed by atoms with Crippen LogP contribution in [0.1, 0.15) is 17.7 Å². The highest BCUT2D eigenvalue weighted by molar-refractivity contribution is 7.15. The molecule has 0 aliphatic carbocycles. The van der Waals surface area contributed by atoms with E-state index in [4.69, 9.17) is 26.1 Å². The van der Waals surface area contributed by atoms with Gasteiger partial charge in [-0.05, 0) is 31.0 Å². The van der Waals surface area contributed by atoms with Crippen molar-refractivity contribution in [3.63, 3.8) is 0 Å². The van der Waals surface area contributed by atoms with Crippen LogP contribution in [0.3, 0.4) is 0 Å². The SMILES string of the molecule is COc1cc(OC)c(-c2cn3ccc(NC4CCN(Cc5ccc([N+](=O)[O-])s5)CC4)cc3n2)cc1Cl. The number of fused-ring (bicyclic) bond motifs is 1. The number of halogens is 1. The zero-order chi connectivity index (χ0) is 25.2. The van der Waals surface area contributed by atoms with Gasteiger partial charge in [0, 0.05) is 72.4 Å². The molecule has 1 fully saturated rings. The van der Waals surface area contributed by atoms with Crippen LogP contribution in [0.2, 0.25) is 5.02 Å². The van der Waals surface area contributed by atoms with Crippen molar-refractivity contribution in [1.29, 1.82) is 0 Å². The lowest BCUT2D eigenvalue weighted by molar-refractivity contribution is -0.380. The van der Waals surface area contributed by atoms with Gasteiger partial charge in [-0.3, -0.25) is 15.0 Å². The predicted octanol–water partition coefficient (Wildman–Crippen LogP) is 5.72. The highest BCUT2D eigenvalue weighted by Gasteiger charge is 2.21. The second-order valence-electron chi connectivity index (χ2n) is 8.69. The van der Waals surface area contributed by atoms with E-state index in [2.05, 4.69) is 10.2 Å². The second-order valence-corrected chi connectivity index (χ2v) is 10.2. The molecule has 1 saturated heterocycles. The summed E-state index contributed by atoms with van der Waals surface area (Å²) in [5.74, 6) is 1.19. The number of hydrogen-bond donors (Lipinski definition) is 1. The molecular formula is C25H26ClN5O4S. The van der Waals surface area contributed by atoms with Crippen LogP contribution in [0.25, 0.3) is 16.9 Å². The van der Waals surface area contributed by atoms with Crippen LogP contribution in [0, 0.1) is 10.1 Å². The third kappa shape index (κ3) is 5.11. The van der Waals surface area contributed by atoms with Gasteiger partial charge in [-0.15, -0.1) is 0 Å². The molecule has 188 valence electrons. The van der Waals surface area contributed by atoms with Gasteiger partial charge < -0.3 is 19.2 Å². The first-order valence-electron chi connectivity index (χ1n) is 11.6. The van der Waals surface area contributed by atoms with Crippen molar-refractivity contribution in [3.05, 3.63) is 68.8 Å². The van der Waals surface area contributed by atoms with E-state index < -0.39 is 0 Å². The molecule has 9 nitrogen and oxygen atoms in total. The van der Waals surface area contributed by atoms with E-state index in [1.165, 1.54) is 11.3 Å². The maximum atomic E-state index is 10.9. The summed E-state index contributed by atoms with van der Waals surface area (Å²) in [5.41, 5.74) is 3.40. The molecule has 5 rings (SSSR count). The van der Waals surface area contributed by atoms with Gasteiger partial charge in [-0.2, -0.15) is 0 Å². The fourth-order valence-electron chi connectivity index (χ4n) is 4.50. The molecule has 3 aromatic heterocycles. The van der Waals surface area contributed by atoms with Gasteiger partial charge in [0.25, 0.3) is 0 Å². The minimum absolute atomic E-state index is 0.202. The Kier molecular flexibility index (Phi) is 6.99. The van der Waals surface area contributed by atoms with Crippen LogP contribution in [0.4, 0.5) is 10.7 Å². The molecule has 0 unspecified atom stereocenters. The van der Waals surface area contributed by atoms with Crippen molar-refractivity contribution in [2.75, 3.05) is 32.6 Å². The monoisotopic (exact) mass is 527 g/mol. The van der Waals surface area contributed by atoms with E-state index in [9.17, 15) is 10.1 Å². The first-order valence-corrected chi connectivity index (χ1v) is 12.8. The Balaban J connectivity index is 1.24. The number of likely N-dealkylation sites (tertiary alicyclic amines) is 1. The van der Waals surface area contributed by atoms with Gasteiger partial charge in [0.2, 0.25) is 0 Å². The number of piperidine rings is 1. The van der Waals surface area contributed by atoms with Crippen LogP contribution < -0.4 is 14.8 Å². The minimum Gasteiger partial charge on any atom is -0.496 e. The molecule has 1 aromatic carbocycles. The quantitative estimate of drug-likeness (QED) is 0.231. The first kappa shape index (κ1) is 24.4. The van der Waals surface area contributed by atoms with Crippen molar-refractivity contribution in [3.8, 4) is 22.8 Å². The molecule has 1 N–H and O–H groups in total. The lowest BCUT2D eigenvalue weighted by Crippen LogP contribution is -2.38. The van der Waals surface area contributed by atoms with E-state index in [-0.39, 0.29) is 9.92 Å². The molecule has 1 aliphatic rings. The number of ether oxygens (including phenoxy) is 2. The second kappa shape index (κ2) is 10.3. The molecule has 11 heteroatoms. The maximum absolute atomic E-state index is 10.9. The molecule has 0 saturated carbocycles. The Bertz CT molecular complexity index is 1400. The Morgan fingerprint density at radius 2 is 1.94 bits per heavy atom. The highest BCUT2D eigenvalue weighted by atomic mass is 35.5. The summed E-state index contributed by atoms with van der Waals surface area (Å²) < 4.78 is 12.8. The summed E-state index contributed by atoms with van der Waals surface area (Å²) in [7, 11) is 3.18. The maximum Gasteiger partial charge on any atom is 0.324 e. The Morgan fingerprint density at radius 3 is 2.64 bits per heavy atom. The first-order chi connectivity index (χ1) is 17.4. The van der Waals surface area contributed by atoms with E-state index in [0.29, 0.717) is 22.6 Å². The zero-order valence-electron chi connectivity index (χ0n) is 19.9. The number of hydrogen-bond acceptors (Lipinski definition) is 8. The van der Waals surface area contributed by atoms with E-state index in [1.54, 1.807) is 26.4 Å². The number of thiophene rings is 1. The number of nitrogens with zero attached hydrogens (tertiary/aromatic N) is 4. The smallest absolute Gasteiger partial charge is 0.324 e. The topological polar surface area (TPSA) is 94.2 Å². The summed E-state index contributed by atoms with van der Waals surface area (Å²) >= 11 is 7.61. The molecule has 0 spiro atoms. The average Bonchev–Trinajstić information content (AvgIpc) is 3.52. The molecule has 0 radical (unpaired) electrons. The van der Waals surface area contributed by atoms with Crippen LogP contribution in [-0.2, 0) is 6.54 Å². The summed E-state index contributed by atoms with van der Waals surface area (Å²) in [6, 6.07) is 11.5. The number of aromatic nitrogens is 2. The Morgan fingerprint density at radius 1 is 1.17 bits per heavy atom. The highest BCUT2D eigenvalue weighted by Crippen LogP contribution is 2.38. The number of pyridine rings is 1. The lowest BCUT2D eigenvalue weighted by atomic mass is 10.0. The summed E-state index contributed by atoms with van der Waals surface area (Å²) in [4.78, 5) is 18.8. The molecule has 4 aromatic rings. The van der Waals surface area contributed by atoms with Crippen molar-refractivity contribution in [2.45, 2.75) is 25.4 Å². The van der Waals surface area contributed by atoms with Crippen molar-refractivity contribution >= 4 is 39.3 Å². The van der Waals surface area contributed by atoms with E-state index in [0.717, 1.165) is 59.9 Å². The van der Waals surface area contributed by atoms with Crippen molar-refractivity contribution in [2.24, 2.45) is 0 Å². The minimum atomic E-state index is -0.327. The molecule has 1 aliphatic heterocycles. The lowest BCUT2D eigenvalue weighted by Gasteiger charge is -2.32. The molecule has 0 amide bonds. The third-order valence-corrected chi connectivity index (χ3v) is 7.69. The Labute approximate surface area is 217 Å². The van der Waals surface area contributed by atoms with Gasteiger partial charge in [0.05, 0.1) is 29.9 Å². The number of benzene rings is 1. The number of imidazole rings is 1. The largest absolute Gasteiger partial charge is 0.496 e. The zero-order valence-corrected chi connectivity index (χ0v) is 21.5. The fourth-order valence-corrected chi connectivity index (χ4v) is 5.61. The fraction of sp³-hybridized carbons (Fsp3) is 0.320. The van der Waals surface area contributed by atoms with Crippen molar-refractivity contribution < 1.29 is 14.4 Å². The Hall–Kier alpha value is -3.34. The molecular weight excluding hydrogens is 502 g/mol. The summed E-state index contributed by atoms with van der Waals surface area (Å²) in [6.07, 6.45) is 5.94. The molecule has 0 atom stereocenters. The van der Waals surface area contributed by atoms with Gasteiger partial charge in [-0.25, -0.2) is 4.98 Å². The van der Waals surface area contributed by atoms with Crippen LogP contribution in [0.5, 0.6) is 11.5 Å². The van der Waals surface area contributed by atoms with E-state index >= 15 is 0 Å². The van der Waals surface area contributed by atoms with Crippen LogP contribution >= 0.6 is 22.9 Å². The predicted molar refractivity (Wildman–Crippen MR) is 142 cm³/mol. The van der Waals surface area contributed by atoms with Gasteiger partial charge in [-0.1, -0.05) is 22.9 Å². The summed E-state index contributed by atoms with van der Waals surface area (Å²) in [6.45, 7) is 2.64. The standard InChI is InChI=1S/C25H26ClN5O4S/c1-34-22-13-23(35-2)20(26)12-19(22)21-15-30-10-7-17(11-24(30)28-21)27-16-5-8-29(9-6-16)14-18-3-4-25(36-18)31(32)33/h3-4,7,10-13,15-16,27H,5-6,8-9,14H2,1-2H3. The molecule has 0 bridgehead atoms. The number of methoxy groups -OCH3 is 2. The number of rotatable bonds is 8. The third-order valence-electron chi connectivity index (χ3n) is 6.38. The van der Waals surface area contributed by atoms with Gasteiger partial charge in [0.15, 0.2) is 0 Å². The average molecular weight is 528 g/mol. The van der Waals surface area contributed by atoms with Gasteiger partial charge >= 0.3 is 5.00 Å². The van der Waals surface area contributed by atoms with Crippen LogP contribution in [0.15, 0.2) is 48.8 Å². The van der Waals surface area contributed by atoms with Crippen LogP contribution in [-0.4, -0.2) is 52.6 Å². The number of nitrogens with one attached hydrogen (secondary N) is 1. The van der Waals surface area contributed by atoms with Gasteiger partial charge in [0.1, 0.15) is 17.1 Å². The van der Waals surface area contributed by atoms with E-state index in [1.807, 2.05) is 41.1 Å². The number of nitro groups is 1.